The van der Waals surface area contributed by atoms with Crippen molar-refractivity contribution in [2.45, 2.75) is 19.8 Å². The van der Waals surface area contributed by atoms with Crippen molar-refractivity contribution < 1.29 is 8.42 Å². The van der Waals surface area contributed by atoms with E-state index in [-0.39, 0.29) is 11.9 Å². The molecule has 0 aliphatic carbocycles. The number of pyridine rings is 1. The van der Waals surface area contributed by atoms with Gasteiger partial charge in [-0.15, -0.1) is 0 Å². The molecular weight excluding hydrogens is 314 g/mol. The molecule has 0 saturated carbocycles. The Morgan fingerprint density at radius 3 is 2.70 bits per heavy atom. The second kappa shape index (κ2) is 5.62. The molecule has 0 fully saturated rings. The van der Waals surface area contributed by atoms with Gasteiger partial charge in [-0.2, -0.15) is 5.10 Å². The molecule has 0 aromatic carbocycles. The lowest BCUT2D eigenvalue weighted by Crippen LogP contribution is -2.12. The van der Waals surface area contributed by atoms with E-state index in [1.807, 2.05) is 24.4 Å². The monoisotopic (exact) mass is 331 g/mol. The molecule has 3 rings (SSSR count). The Morgan fingerprint density at radius 2 is 2.00 bits per heavy atom. The summed E-state index contributed by atoms with van der Waals surface area (Å²) >= 11 is 0. The maximum Gasteiger partial charge on any atom is 0.237 e. The van der Waals surface area contributed by atoms with Crippen molar-refractivity contribution in [1.82, 2.24) is 19.6 Å². The number of nitrogens with zero attached hydrogens (tertiary/aromatic N) is 4. The Balaban J connectivity index is 2.20. The molecule has 0 atom stereocenters. The zero-order chi connectivity index (χ0) is 16.6. The first-order valence-corrected chi connectivity index (χ1v) is 9.03. The number of nitrogens with one attached hydrogen (secondary N) is 1. The molecule has 8 heteroatoms. The lowest BCUT2D eigenvalue weighted by Gasteiger charge is -2.07. The van der Waals surface area contributed by atoms with Gasteiger partial charge in [0.05, 0.1) is 23.2 Å². The lowest BCUT2D eigenvalue weighted by atomic mass is 10.0. The average Bonchev–Trinajstić information content (AvgIpc) is 2.85. The van der Waals surface area contributed by atoms with Crippen LogP contribution in [-0.4, -0.2) is 34.3 Å². The highest BCUT2D eigenvalue weighted by Crippen LogP contribution is 2.31. The van der Waals surface area contributed by atoms with Crippen molar-refractivity contribution >= 4 is 21.5 Å². The number of sulfonamides is 1. The maximum atomic E-state index is 11.4. The number of fused-ring (bicyclic) bond motifs is 1. The minimum Gasteiger partial charge on any atom is -0.251 e. The van der Waals surface area contributed by atoms with E-state index < -0.39 is 10.0 Å². The van der Waals surface area contributed by atoms with Gasteiger partial charge in [-0.25, -0.2) is 22.9 Å². The first-order valence-electron chi connectivity index (χ1n) is 7.13. The van der Waals surface area contributed by atoms with Crippen molar-refractivity contribution in [2.24, 2.45) is 0 Å². The molecule has 0 unspecified atom stereocenters. The zero-order valence-corrected chi connectivity index (χ0v) is 13.9. The summed E-state index contributed by atoms with van der Waals surface area (Å²) in [6, 6.07) is 7.55. The molecule has 23 heavy (non-hydrogen) atoms. The molecule has 1 N–H and O–H groups in total. The molecular formula is C15H17N5O2S. The predicted molar refractivity (Wildman–Crippen MR) is 88.8 cm³/mol. The van der Waals surface area contributed by atoms with Crippen LogP contribution in [0.4, 0.5) is 5.95 Å². The van der Waals surface area contributed by atoms with Crippen LogP contribution in [0, 0.1) is 0 Å². The summed E-state index contributed by atoms with van der Waals surface area (Å²) in [4.78, 5) is 8.30. The molecule has 0 spiro atoms. The number of hydrogen-bond acceptors (Lipinski definition) is 5. The van der Waals surface area contributed by atoms with Crippen molar-refractivity contribution in [2.75, 3.05) is 11.0 Å². The quantitative estimate of drug-likeness (QED) is 0.792. The number of aromatic nitrogens is 4. The highest BCUT2D eigenvalue weighted by molar-refractivity contribution is 7.91. The van der Waals surface area contributed by atoms with Crippen LogP contribution >= 0.6 is 0 Å². The van der Waals surface area contributed by atoms with E-state index in [1.54, 1.807) is 10.6 Å². The number of hydrogen-bond donors (Lipinski definition) is 1. The van der Waals surface area contributed by atoms with Crippen LogP contribution in [0.3, 0.4) is 0 Å². The first-order chi connectivity index (χ1) is 10.8. The van der Waals surface area contributed by atoms with E-state index >= 15 is 0 Å². The molecule has 7 nitrogen and oxygen atoms in total. The van der Waals surface area contributed by atoms with Crippen LogP contribution in [0.25, 0.3) is 16.8 Å². The smallest absolute Gasteiger partial charge is 0.237 e. The van der Waals surface area contributed by atoms with Gasteiger partial charge in [0, 0.05) is 18.0 Å². The van der Waals surface area contributed by atoms with Crippen LogP contribution in [-0.2, 0) is 10.0 Å². The van der Waals surface area contributed by atoms with Gasteiger partial charge in [0.15, 0.2) is 0 Å². The molecule has 0 radical (unpaired) electrons. The van der Waals surface area contributed by atoms with Crippen molar-refractivity contribution in [3.63, 3.8) is 0 Å². The summed E-state index contributed by atoms with van der Waals surface area (Å²) in [5.41, 5.74) is 3.34. The largest absolute Gasteiger partial charge is 0.251 e. The van der Waals surface area contributed by atoms with Gasteiger partial charge >= 0.3 is 0 Å². The van der Waals surface area contributed by atoms with E-state index in [4.69, 9.17) is 0 Å². The Bertz CT molecular complexity index is 963. The SMILES string of the molecule is CC(C)c1nn2ccccc2c1-c1ccnc(NS(C)(=O)=O)n1. The normalized spacial score (nSPS) is 12.0. The molecule has 0 amide bonds. The second-order valence-electron chi connectivity index (χ2n) is 5.59. The second-order valence-corrected chi connectivity index (χ2v) is 7.33. The Hall–Kier alpha value is -2.48. The van der Waals surface area contributed by atoms with Crippen molar-refractivity contribution in [3.05, 3.63) is 42.4 Å². The fourth-order valence-electron chi connectivity index (χ4n) is 2.40. The predicted octanol–water partition coefficient (Wildman–Crippen LogP) is 2.29. The third-order valence-electron chi connectivity index (χ3n) is 3.30. The van der Waals surface area contributed by atoms with E-state index in [2.05, 4.69) is 33.6 Å². The van der Waals surface area contributed by atoms with Gasteiger partial charge in [-0.05, 0) is 24.1 Å². The molecule has 0 saturated heterocycles. The fourth-order valence-corrected chi connectivity index (χ4v) is 2.83. The van der Waals surface area contributed by atoms with Gasteiger partial charge in [-0.3, -0.25) is 4.72 Å². The summed E-state index contributed by atoms with van der Waals surface area (Å²) in [5, 5.41) is 4.61. The van der Waals surface area contributed by atoms with Crippen LogP contribution in [0.1, 0.15) is 25.5 Å². The minimum absolute atomic E-state index is 0.0509. The van der Waals surface area contributed by atoms with Gasteiger partial charge in [0.2, 0.25) is 16.0 Å². The molecule has 0 aliphatic rings. The van der Waals surface area contributed by atoms with Crippen LogP contribution in [0.5, 0.6) is 0 Å². The van der Waals surface area contributed by atoms with Gasteiger partial charge in [-0.1, -0.05) is 19.9 Å². The Morgan fingerprint density at radius 1 is 1.22 bits per heavy atom. The molecule has 0 bridgehead atoms. The van der Waals surface area contributed by atoms with E-state index in [9.17, 15) is 8.42 Å². The zero-order valence-electron chi connectivity index (χ0n) is 13.1. The highest BCUT2D eigenvalue weighted by Gasteiger charge is 2.18. The average molecular weight is 331 g/mol. The molecule has 120 valence electrons. The highest BCUT2D eigenvalue weighted by atomic mass is 32.2. The third-order valence-corrected chi connectivity index (χ3v) is 3.86. The van der Waals surface area contributed by atoms with Gasteiger partial charge in [0.25, 0.3) is 0 Å². The molecule has 3 aromatic rings. The topological polar surface area (TPSA) is 89.2 Å². The summed E-state index contributed by atoms with van der Waals surface area (Å²) in [6.45, 7) is 4.12. The standard InChI is InChI=1S/C15H17N5O2S/c1-10(2)14-13(12-6-4-5-9-20(12)18-14)11-7-8-16-15(17-11)19-23(3,21)22/h4-10H,1-3H3,(H,16,17,19). The van der Waals surface area contributed by atoms with Gasteiger partial charge in [0.1, 0.15) is 0 Å². The lowest BCUT2D eigenvalue weighted by molar-refractivity contribution is 0.606. The Kier molecular flexibility index (Phi) is 3.77. The molecule has 0 aliphatic heterocycles. The van der Waals surface area contributed by atoms with Crippen LogP contribution in [0.15, 0.2) is 36.7 Å². The van der Waals surface area contributed by atoms with E-state index in [1.165, 1.54) is 6.20 Å². The fraction of sp³-hybridized carbons (Fsp3) is 0.267. The van der Waals surface area contributed by atoms with E-state index in [0.717, 1.165) is 23.0 Å². The van der Waals surface area contributed by atoms with Crippen LogP contribution in [0.2, 0.25) is 0 Å². The molecule has 3 aromatic heterocycles. The Labute approximate surface area is 134 Å². The first kappa shape index (κ1) is 15.4. The third kappa shape index (κ3) is 3.16. The minimum atomic E-state index is -3.43. The van der Waals surface area contributed by atoms with Crippen LogP contribution < -0.4 is 4.72 Å². The van der Waals surface area contributed by atoms with Crippen molar-refractivity contribution in [3.8, 4) is 11.3 Å². The summed E-state index contributed by atoms with van der Waals surface area (Å²) in [6.07, 6.45) is 4.48. The summed E-state index contributed by atoms with van der Waals surface area (Å²) in [5.74, 6) is 0.251. The molecule has 3 heterocycles. The van der Waals surface area contributed by atoms with E-state index in [0.29, 0.717) is 5.69 Å². The number of rotatable bonds is 4. The summed E-state index contributed by atoms with van der Waals surface area (Å²) in [7, 11) is -3.43. The van der Waals surface area contributed by atoms with Gasteiger partial charge < -0.3 is 0 Å². The summed E-state index contributed by atoms with van der Waals surface area (Å²) < 4.78 is 26.9. The van der Waals surface area contributed by atoms with Crippen molar-refractivity contribution in [1.29, 1.82) is 0 Å². The maximum absolute atomic E-state index is 11.4. The number of anilines is 1.